The van der Waals surface area contributed by atoms with Crippen LogP contribution in [0.1, 0.15) is 5.56 Å². The predicted octanol–water partition coefficient (Wildman–Crippen LogP) is 1.73. The van der Waals surface area contributed by atoms with Crippen LogP contribution in [0.2, 0.25) is 5.02 Å². The Bertz CT molecular complexity index is 373. The number of halogens is 1. The Morgan fingerprint density at radius 1 is 1.24 bits per heavy atom. The highest BCUT2D eigenvalue weighted by molar-refractivity contribution is 6.31. The Hall–Kier alpha value is -0.770. The van der Waals surface area contributed by atoms with E-state index in [0.29, 0.717) is 0 Å². The molecule has 0 spiro atoms. The highest BCUT2D eigenvalue weighted by atomic mass is 35.5. The van der Waals surface area contributed by atoms with Crippen molar-refractivity contribution in [1.29, 1.82) is 0 Å². The van der Waals surface area contributed by atoms with E-state index < -0.39 is 0 Å². The number of aryl methyl sites for hydroxylation is 1. The molecule has 2 N–H and O–H groups in total. The molecule has 1 heterocycles. The van der Waals surface area contributed by atoms with Gasteiger partial charge in [-0.2, -0.15) is 0 Å². The molecule has 0 aromatic heterocycles. The molecule has 0 unspecified atom stereocenters. The van der Waals surface area contributed by atoms with Crippen molar-refractivity contribution in [3.8, 4) is 0 Å². The van der Waals surface area contributed by atoms with Gasteiger partial charge in [0.1, 0.15) is 0 Å². The highest BCUT2D eigenvalue weighted by Crippen LogP contribution is 2.23. The zero-order chi connectivity index (χ0) is 12.3. The molecule has 0 bridgehead atoms. The van der Waals surface area contributed by atoms with Gasteiger partial charge in [0.15, 0.2) is 0 Å². The van der Waals surface area contributed by atoms with Gasteiger partial charge in [-0.1, -0.05) is 17.7 Å². The topological polar surface area (TPSA) is 32.5 Å². The third kappa shape index (κ3) is 3.12. The van der Waals surface area contributed by atoms with E-state index in [-0.39, 0.29) is 0 Å². The quantitative estimate of drug-likeness (QED) is 0.891. The molecule has 0 saturated carbocycles. The van der Waals surface area contributed by atoms with Crippen LogP contribution in [-0.4, -0.2) is 44.2 Å². The molecular formula is C13H20ClN3. The van der Waals surface area contributed by atoms with Crippen LogP contribution in [-0.2, 0) is 0 Å². The van der Waals surface area contributed by atoms with Crippen molar-refractivity contribution in [2.75, 3.05) is 44.2 Å². The summed E-state index contributed by atoms with van der Waals surface area (Å²) in [5.41, 5.74) is 7.93. The first-order valence-electron chi connectivity index (χ1n) is 6.14. The van der Waals surface area contributed by atoms with Crippen molar-refractivity contribution in [3.63, 3.8) is 0 Å². The first-order valence-corrected chi connectivity index (χ1v) is 6.52. The van der Waals surface area contributed by atoms with Crippen molar-refractivity contribution in [2.45, 2.75) is 6.92 Å². The van der Waals surface area contributed by atoms with E-state index in [1.807, 2.05) is 6.92 Å². The summed E-state index contributed by atoms with van der Waals surface area (Å²) in [5.74, 6) is 0. The first kappa shape index (κ1) is 12.7. The molecule has 1 fully saturated rings. The SMILES string of the molecule is Cc1ccc(N2CCN(CCN)CC2)cc1Cl. The van der Waals surface area contributed by atoms with Crippen molar-refractivity contribution >= 4 is 17.3 Å². The summed E-state index contributed by atoms with van der Waals surface area (Å²) in [4.78, 5) is 4.80. The molecule has 2 rings (SSSR count). The van der Waals surface area contributed by atoms with E-state index in [9.17, 15) is 0 Å². The minimum Gasteiger partial charge on any atom is -0.369 e. The zero-order valence-corrected chi connectivity index (χ0v) is 11.1. The standard InChI is InChI=1S/C13H20ClN3/c1-11-2-3-12(10-13(11)14)17-8-6-16(5-4-15)7-9-17/h2-3,10H,4-9,15H2,1H3. The largest absolute Gasteiger partial charge is 0.369 e. The number of nitrogens with zero attached hydrogens (tertiary/aromatic N) is 2. The summed E-state index contributed by atoms with van der Waals surface area (Å²) in [6.45, 7) is 8.06. The summed E-state index contributed by atoms with van der Waals surface area (Å²) in [5, 5.41) is 0.854. The summed E-state index contributed by atoms with van der Waals surface area (Å²) in [7, 11) is 0. The summed E-state index contributed by atoms with van der Waals surface area (Å²) in [6.07, 6.45) is 0. The fourth-order valence-electron chi connectivity index (χ4n) is 2.19. The summed E-state index contributed by atoms with van der Waals surface area (Å²) < 4.78 is 0. The second-order valence-corrected chi connectivity index (χ2v) is 4.96. The second-order valence-electron chi connectivity index (χ2n) is 4.55. The van der Waals surface area contributed by atoms with E-state index in [0.717, 1.165) is 49.9 Å². The van der Waals surface area contributed by atoms with Gasteiger partial charge in [0.25, 0.3) is 0 Å². The Morgan fingerprint density at radius 3 is 2.53 bits per heavy atom. The average molecular weight is 254 g/mol. The molecule has 3 nitrogen and oxygen atoms in total. The van der Waals surface area contributed by atoms with Crippen molar-refractivity contribution in [3.05, 3.63) is 28.8 Å². The molecule has 0 aliphatic carbocycles. The van der Waals surface area contributed by atoms with Crippen LogP contribution < -0.4 is 10.6 Å². The number of hydrogen-bond donors (Lipinski definition) is 1. The lowest BCUT2D eigenvalue weighted by atomic mass is 10.2. The summed E-state index contributed by atoms with van der Waals surface area (Å²) in [6, 6.07) is 6.30. The number of hydrogen-bond acceptors (Lipinski definition) is 3. The lowest BCUT2D eigenvalue weighted by molar-refractivity contribution is 0.265. The Kier molecular flexibility index (Phi) is 4.26. The van der Waals surface area contributed by atoms with Crippen LogP contribution >= 0.6 is 11.6 Å². The van der Waals surface area contributed by atoms with E-state index in [2.05, 4.69) is 28.0 Å². The molecule has 94 valence electrons. The molecule has 1 saturated heterocycles. The molecule has 0 amide bonds. The van der Waals surface area contributed by atoms with E-state index in [4.69, 9.17) is 17.3 Å². The van der Waals surface area contributed by atoms with Gasteiger partial charge < -0.3 is 10.6 Å². The molecule has 4 heteroatoms. The van der Waals surface area contributed by atoms with Crippen LogP contribution in [0.15, 0.2) is 18.2 Å². The molecule has 1 aromatic carbocycles. The van der Waals surface area contributed by atoms with Crippen LogP contribution in [0.3, 0.4) is 0 Å². The Morgan fingerprint density at radius 2 is 1.94 bits per heavy atom. The smallest absolute Gasteiger partial charge is 0.0455 e. The van der Waals surface area contributed by atoms with E-state index >= 15 is 0 Å². The minimum atomic E-state index is 0.746. The van der Waals surface area contributed by atoms with Gasteiger partial charge >= 0.3 is 0 Å². The van der Waals surface area contributed by atoms with Crippen molar-refractivity contribution in [1.82, 2.24) is 4.90 Å². The molecule has 17 heavy (non-hydrogen) atoms. The third-order valence-corrected chi connectivity index (χ3v) is 3.75. The maximum absolute atomic E-state index is 6.16. The maximum Gasteiger partial charge on any atom is 0.0455 e. The van der Waals surface area contributed by atoms with E-state index in [1.54, 1.807) is 0 Å². The molecule has 0 atom stereocenters. The minimum absolute atomic E-state index is 0.746. The third-order valence-electron chi connectivity index (χ3n) is 3.34. The lowest BCUT2D eigenvalue weighted by Crippen LogP contribution is -2.47. The predicted molar refractivity (Wildman–Crippen MR) is 73.9 cm³/mol. The zero-order valence-electron chi connectivity index (χ0n) is 10.3. The molecule has 0 radical (unpaired) electrons. The molecule has 1 aliphatic heterocycles. The molecule has 1 aliphatic rings. The maximum atomic E-state index is 6.16. The van der Waals surface area contributed by atoms with Gasteiger partial charge in [-0.3, -0.25) is 4.90 Å². The number of anilines is 1. The van der Waals surface area contributed by atoms with Crippen molar-refractivity contribution < 1.29 is 0 Å². The number of benzene rings is 1. The van der Waals surface area contributed by atoms with Gasteiger partial charge in [0.05, 0.1) is 0 Å². The van der Waals surface area contributed by atoms with Crippen LogP contribution in [0.25, 0.3) is 0 Å². The normalized spacial score (nSPS) is 17.5. The van der Waals surface area contributed by atoms with Gasteiger partial charge in [-0.15, -0.1) is 0 Å². The van der Waals surface area contributed by atoms with E-state index in [1.165, 1.54) is 5.69 Å². The number of piperazine rings is 1. The van der Waals surface area contributed by atoms with Gasteiger partial charge in [-0.25, -0.2) is 0 Å². The number of nitrogens with two attached hydrogens (primary N) is 1. The van der Waals surface area contributed by atoms with Gasteiger partial charge in [0, 0.05) is 50.0 Å². The summed E-state index contributed by atoms with van der Waals surface area (Å²) >= 11 is 6.16. The van der Waals surface area contributed by atoms with Crippen molar-refractivity contribution in [2.24, 2.45) is 5.73 Å². The first-order chi connectivity index (χ1) is 8.20. The molecular weight excluding hydrogens is 234 g/mol. The Balaban J connectivity index is 1.98. The van der Waals surface area contributed by atoms with Crippen LogP contribution in [0.5, 0.6) is 0 Å². The van der Waals surface area contributed by atoms with Crippen LogP contribution in [0.4, 0.5) is 5.69 Å². The lowest BCUT2D eigenvalue weighted by Gasteiger charge is -2.36. The Labute approximate surface area is 108 Å². The highest BCUT2D eigenvalue weighted by Gasteiger charge is 2.16. The van der Waals surface area contributed by atoms with Crippen LogP contribution in [0, 0.1) is 6.92 Å². The molecule has 1 aromatic rings. The monoisotopic (exact) mass is 253 g/mol. The van der Waals surface area contributed by atoms with Gasteiger partial charge in [0.2, 0.25) is 0 Å². The number of rotatable bonds is 3. The average Bonchev–Trinajstić information content (AvgIpc) is 2.34. The fraction of sp³-hybridized carbons (Fsp3) is 0.538. The fourth-order valence-corrected chi connectivity index (χ4v) is 2.37. The van der Waals surface area contributed by atoms with Gasteiger partial charge in [-0.05, 0) is 24.6 Å². The second kappa shape index (κ2) is 5.71.